The van der Waals surface area contributed by atoms with Gasteiger partial charge in [0.1, 0.15) is 0 Å². The summed E-state index contributed by atoms with van der Waals surface area (Å²) in [4.78, 5) is 11.6. The first-order valence-corrected chi connectivity index (χ1v) is 6.37. The highest BCUT2D eigenvalue weighted by Gasteiger charge is 2.20. The highest BCUT2D eigenvalue weighted by Crippen LogP contribution is 2.18. The quantitative estimate of drug-likeness (QED) is 0.627. The minimum absolute atomic E-state index is 0.0935. The topological polar surface area (TPSA) is 67.2 Å². The van der Waals surface area contributed by atoms with Crippen molar-refractivity contribution in [2.75, 3.05) is 6.54 Å². The SMILES string of the molecule is CC(C)NC(=O)CC(CN)NC1CCCC1. The van der Waals surface area contributed by atoms with Gasteiger partial charge in [0.05, 0.1) is 0 Å². The summed E-state index contributed by atoms with van der Waals surface area (Å²) in [5.74, 6) is 0.0935. The summed E-state index contributed by atoms with van der Waals surface area (Å²) >= 11 is 0. The van der Waals surface area contributed by atoms with E-state index in [2.05, 4.69) is 10.6 Å². The largest absolute Gasteiger partial charge is 0.354 e. The Hall–Kier alpha value is -0.610. The van der Waals surface area contributed by atoms with Crippen molar-refractivity contribution in [1.82, 2.24) is 10.6 Å². The average molecular weight is 227 g/mol. The van der Waals surface area contributed by atoms with E-state index in [0.29, 0.717) is 19.0 Å². The second-order valence-corrected chi connectivity index (χ2v) is 5.01. The molecule has 94 valence electrons. The van der Waals surface area contributed by atoms with E-state index in [1.54, 1.807) is 0 Å². The molecule has 0 heterocycles. The Morgan fingerprint density at radius 1 is 1.38 bits per heavy atom. The molecule has 0 aromatic rings. The van der Waals surface area contributed by atoms with E-state index >= 15 is 0 Å². The Labute approximate surface area is 98.3 Å². The van der Waals surface area contributed by atoms with Gasteiger partial charge in [-0.1, -0.05) is 12.8 Å². The maximum atomic E-state index is 11.6. The molecule has 0 aromatic heterocycles. The van der Waals surface area contributed by atoms with Gasteiger partial charge in [0, 0.05) is 31.1 Å². The minimum atomic E-state index is 0.0935. The number of nitrogens with two attached hydrogens (primary N) is 1. The predicted octanol–water partition coefficient (Wildman–Crippen LogP) is 0.761. The van der Waals surface area contributed by atoms with Gasteiger partial charge in [-0.05, 0) is 26.7 Å². The van der Waals surface area contributed by atoms with Gasteiger partial charge in [-0.15, -0.1) is 0 Å². The molecule has 4 heteroatoms. The Morgan fingerprint density at radius 2 is 2.00 bits per heavy atom. The molecule has 1 unspecified atom stereocenters. The maximum Gasteiger partial charge on any atom is 0.221 e. The molecular weight excluding hydrogens is 202 g/mol. The zero-order chi connectivity index (χ0) is 12.0. The van der Waals surface area contributed by atoms with Crippen LogP contribution in [0.5, 0.6) is 0 Å². The Kier molecular flexibility index (Phi) is 5.77. The standard InChI is InChI=1S/C12H25N3O/c1-9(2)14-12(16)7-11(8-13)15-10-5-3-4-6-10/h9-11,15H,3-8,13H2,1-2H3,(H,14,16). The van der Waals surface area contributed by atoms with Crippen molar-refractivity contribution in [3.63, 3.8) is 0 Å². The smallest absolute Gasteiger partial charge is 0.221 e. The Morgan fingerprint density at radius 3 is 2.50 bits per heavy atom. The van der Waals surface area contributed by atoms with Crippen LogP contribution in [-0.2, 0) is 4.79 Å². The monoisotopic (exact) mass is 227 g/mol. The van der Waals surface area contributed by atoms with Crippen molar-refractivity contribution in [3.8, 4) is 0 Å². The van der Waals surface area contributed by atoms with Gasteiger partial charge in [0.15, 0.2) is 0 Å². The molecule has 1 aliphatic rings. The van der Waals surface area contributed by atoms with Crippen LogP contribution in [0.4, 0.5) is 0 Å². The van der Waals surface area contributed by atoms with E-state index < -0.39 is 0 Å². The number of hydrogen-bond acceptors (Lipinski definition) is 3. The Bertz CT molecular complexity index is 212. The zero-order valence-electron chi connectivity index (χ0n) is 10.5. The highest BCUT2D eigenvalue weighted by molar-refractivity contribution is 5.76. The van der Waals surface area contributed by atoms with Crippen LogP contribution in [0.15, 0.2) is 0 Å². The van der Waals surface area contributed by atoms with Crippen molar-refractivity contribution >= 4 is 5.91 Å². The lowest BCUT2D eigenvalue weighted by molar-refractivity contribution is -0.122. The summed E-state index contributed by atoms with van der Waals surface area (Å²) in [7, 11) is 0. The van der Waals surface area contributed by atoms with Gasteiger partial charge in [0.25, 0.3) is 0 Å². The number of rotatable bonds is 6. The Balaban J connectivity index is 2.27. The van der Waals surface area contributed by atoms with Crippen molar-refractivity contribution in [3.05, 3.63) is 0 Å². The second kappa shape index (κ2) is 6.86. The van der Waals surface area contributed by atoms with Crippen LogP contribution < -0.4 is 16.4 Å². The molecule has 1 fully saturated rings. The van der Waals surface area contributed by atoms with Gasteiger partial charge < -0.3 is 16.4 Å². The van der Waals surface area contributed by atoms with Crippen LogP contribution in [0.25, 0.3) is 0 Å². The van der Waals surface area contributed by atoms with Crippen LogP contribution in [0.2, 0.25) is 0 Å². The first kappa shape index (κ1) is 13.5. The molecule has 1 rings (SSSR count). The highest BCUT2D eigenvalue weighted by atomic mass is 16.1. The van der Waals surface area contributed by atoms with Gasteiger partial charge in [-0.2, -0.15) is 0 Å². The zero-order valence-corrected chi connectivity index (χ0v) is 10.5. The molecule has 0 aliphatic heterocycles. The number of amides is 1. The molecular formula is C12H25N3O. The summed E-state index contributed by atoms with van der Waals surface area (Å²) in [6.07, 6.45) is 5.54. The molecule has 4 N–H and O–H groups in total. The van der Waals surface area contributed by atoms with Crippen LogP contribution in [-0.4, -0.2) is 30.6 Å². The number of hydrogen-bond donors (Lipinski definition) is 3. The fourth-order valence-electron chi connectivity index (χ4n) is 2.24. The van der Waals surface area contributed by atoms with E-state index in [1.807, 2.05) is 13.8 Å². The molecule has 1 saturated carbocycles. The van der Waals surface area contributed by atoms with Crippen molar-refractivity contribution in [2.24, 2.45) is 5.73 Å². The molecule has 1 atom stereocenters. The van der Waals surface area contributed by atoms with E-state index in [9.17, 15) is 4.79 Å². The summed E-state index contributed by atoms with van der Waals surface area (Å²) in [6, 6.07) is 0.902. The molecule has 1 amide bonds. The lowest BCUT2D eigenvalue weighted by Crippen LogP contribution is -2.45. The van der Waals surface area contributed by atoms with Crippen LogP contribution in [0, 0.1) is 0 Å². The first-order chi connectivity index (χ1) is 7.61. The van der Waals surface area contributed by atoms with Crippen molar-refractivity contribution in [2.45, 2.75) is 64.1 Å². The van der Waals surface area contributed by atoms with Crippen LogP contribution in [0.3, 0.4) is 0 Å². The summed E-state index contributed by atoms with van der Waals surface area (Å²) in [6.45, 7) is 4.47. The number of carbonyl (C=O) groups excluding carboxylic acids is 1. The normalized spacial score (nSPS) is 19.0. The van der Waals surface area contributed by atoms with Gasteiger partial charge in [0.2, 0.25) is 5.91 Å². The summed E-state index contributed by atoms with van der Waals surface area (Å²) < 4.78 is 0. The number of carbonyl (C=O) groups is 1. The second-order valence-electron chi connectivity index (χ2n) is 5.01. The third-order valence-electron chi connectivity index (χ3n) is 2.99. The lowest BCUT2D eigenvalue weighted by atomic mass is 10.1. The van der Waals surface area contributed by atoms with E-state index in [-0.39, 0.29) is 18.0 Å². The molecule has 0 radical (unpaired) electrons. The van der Waals surface area contributed by atoms with Gasteiger partial charge in [-0.3, -0.25) is 4.79 Å². The van der Waals surface area contributed by atoms with Crippen LogP contribution >= 0.6 is 0 Å². The molecule has 0 bridgehead atoms. The van der Waals surface area contributed by atoms with Crippen molar-refractivity contribution < 1.29 is 4.79 Å². The lowest BCUT2D eigenvalue weighted by Gasteiger charge is -2.21. The molecule has 0 saturated heterocycles. The fraction of sp³-hybridized carbons (Fsp3) is 0.917. The fourth-order valence-corrected chi connectivity index (χ4v) is 2.24. The van der Waals surface area contributed by atoms with Crippen LogP contribution in [0.1, 0.15) is 46.0 Å². The third-order valence-corrected chi connectivity index (χ3v) is 2.99. The van der Waals surface area contributed by atoms with Gasteiger partial charge in [-0.25, -0.2) is 0 Å². The molecule has 0 spiro atoms. The molecule has 0 aromatic carbocycles. The summed E-state index contributed by atoms with van der Waals surface area (Å²) in [5.41, 5.74) is 5.69. The van der Waals surface area contributed by atoms with E-state index in [0.717, 1.165) is 0 Å². The molecule has 4 nitrogen and oxygen atoms in total. The first-order valence-electron chi connectivity index (χ1n) is 6.37. The number of nitrogens with one attached hydrogen (secondary N) is 2. The summed E-state index contributed by atoms with van der Waals surface area (Å²) in [5, 5.41) is 6.38. The predicted molar refractivity (Wildman–Crippen MR) is 66.1 cm³/mol. The van der Waals surface area contributed by atoms with Gasteiger partial charge >= 0.3 is 0 Å². The van der Waals surface area contributed by atoms with E-state index in [1.165, 1.54) is 25.7 Å². The third kappa shape index (κ3) is 4.94. The maximum absolute atomic E-state index is 11.6. The molecule has 1 aliphatic carbocycles. The average Bonchev–Trinajstić information content (AvgIpc) is 2.68. The van der Waals surface area contributed by atoms with E-state index in [4.69, 9.17) is 5.73 Å². The van der Waals surface area contributed by atoms with Crippen molar-refractivity contribution in [1.29, 1.82) is 0 Å². The molecule has 16 heavy (non-hydrogen) atoms. The minimum Gasteiger partial charge on any atom is -0.354 e.